The topological polar surface area (TPSA) is 64.3 Å². The Morgan fingerprint density at radius 3 is 2.84 bits per heavy atom. The Hall–Kier alpha value is -1.26. The Morgan fingerprint density at radius 2 is 2.21 bits per heavy atom. The SMILES string of the molecule is CCCCOc1cccc(NC(=O)C2(N)CC2)c1.Cl. The first-order valence-electron chi connectivity index (χ1n) is 6.47. The van der Waals surface area contributed by atoms with E-state index in [9.17, 15) is 4.79 Å². The van der Waals surface area contributed by atoms with Gasteiger partial charge in [0.1, 0.15) is 5.75 Å². The summed E-state index contributed by atoms with van der Waals surface area (Å²) in [4.78, 5) is 11.8. The Balaban J connectivity index is 0.00000180. The Labute approximate surface area is 120 Å². The van der Waals surface area contributed by atoms with Crippen LogP contribution < -0.4 is 15.8 Å². The van der Waals surface area contributed by atoms with Crippen molar-refractivity contribution in [3.63, 3.8) is 0 Å². The third-order valence-electron chi connectivity index (χ3n) is 3.10. The fraction of sp³-hybridized carbons (Fsp3) is 0.500. The zero-order valence-corrected chi connectivity index (χ0v) is 12.0. The summed E-state index contributed by atoms with van der Waals surface area (Å²) in [5, 5.41) is 2.83. The number of ether oxygens (including phenoxy) is 1. The molecule has 0 radical (unpaired) electrons. The van der Waals surface area contributed by atoms with Gasteiger partial charge in [-0.25, -0.2) is 0 Å². The van der Waals surface area contributed by atoms with Crippen molar-refractivity contribution in [1.29, 1.82) is 0 Å². The highest BCUT2D eigenvalue weighted by atomic mass is 35.5. The van der Waals surface area contributed by atoms with Gasteiger partial charge < -0.3 is 15.8 Å². The first-order valence-corrected chi connectivity index (χ1v) is 6.47. The molecule has 1 aliphatic carbocycles. The van der Waals surface area contributed by atoms with Gasteiger partial charge in [0, 0.05) is 11.8 Å². The number of rotatable bonds is 6. The molecule has 0 heterocycles. The molecule has 0 aliphatic heterocycles. The number of carbonyl (C=O) groups excluding carboxylic acids is 1. The quantitative estimate of drug-likeness (QED) is 0.790. The van der Waals surface area contributed by atoms with E-state index in [-0.39, 0.29) is 18.3 Å². The molecule has 106 valence electrons. The van der Waals surface area contributed by atoms with Crippen LogP contribution in [-0.4, -0.2) is 18.1 Å². The molecule has 0 bridgehead atoms. The highest BCUT2D eigenvalue weighted by molar-refractivity contribution is 6.00. The van der Waals surface area contributed by atoms with Crippen molar-refractivity contribution in [1.82, 2.24) is 0 Å². The van der Waals surface area contributed by atoms with Crippen molar-refractivity contribution in [2.75, 3.05) is 11.9 Å². The maximum atomic E-state index is 11.8. The van der Waals surface area contributed by atoms with Gasteiger partial charge in [0.2, 0.25) is 5.91 Å². The standard InChI is InChI=1S/C14H20N2O2.ClH/c1-2-3-9-18-12-6-4-5-11(10-12)16-13(17)14(15)7-8-14;/h4-6,10H,2-3,7-9,15H2,1H3,(H,16,17);1H. The number of unbranched alkanes of at least 4 members (excludes halogenated alkanes) is 1. The van der Waals surface area contributed by atoms with Gasteiger partial charge in [0.15, 0.2) is 0 Å². The number of benzene rings is 1. The molecule has 1 aromatic rings. The second-order valence-electron chi connectivity index (χ2n) is 4.84. The van der Waals surface area contributed by atoms with Crippen molar-refractivity contribution in [2.24, 2.45) is 5.73 Å². The van der Waals surface area contributed by atoms with Crippen LogP contribution in [0.2, 0.25) is 0 Å². The Morgan fingerprint density at radius 1 is 1.47 bits per heavy atom. The number of nitrogens with two attached hydrogens (primary N) is 1. The molecular weight excluding hydrogens is 264 g/mol. The minimum absolute atomic E-state index is 0. The number of nitrogens with one attached hydrogen (secondary N) is 1. The molecule has 0 saturated heterocycles. The van der Waals surface area contributed by atoms with Crippen LogP contribution in [0.25, 0.3) is 0 Å². The number of hydrogen-bond donors (Lipinski definition) is 2. The first kappa shape index (κ1) is 15.8. The average Bonchev–Trinajstić information content (AvgIpc) is 3.10. The van der Waals surface area contributed by atoms with E-state index in [4.69, 9.17) is 10.5 Å². The lowest BCUT2D eigenvalue weighted by molar-refractivity contribution is -0.118. The minimum Gasteiger partial charge on any atom is -0.494 e. The summed E-state index contributed by atoms with van der Waals surface area (Å²) in [7, 11) is 0. The first-order chi connectivity index (χ1) is 8.64. The highest BCUT2D eigenvalue weighted by Crippen LogP contribution is 2.33. The maximum Gasteiger partial charge on any atom is 0.244 e. The Bertz CT molecular complexity index is 433. The third kappa shape index (κ3) is 4.40. The second-order valence-corrected chi connectivity index (χ2v) is 4.84. The summed E-state index contributed by atoms with van der Waals surface area (Å²) in [6.07, 6.45) is 3.67. The molecule has 5 heteroatoms. The lowest BCUT2D eigenvalue weighted by atomic mass is 10.2. The molecule has 0 unspecified atom stereocenters. The zero-order chi connectivity index (χ0) is 13.0. The van der Waals surface area contributed by atoms with E-state index in [0.717, 1.165) is 37.1 Å². The van der Waals surface area contributed by atoms with Crippen molar-refractivity contribution < 1.29 is 9.53 Å². The summed E-state index contributed by atoms with van der Waals surface area (Å²) in [6.45, 7) is 2.82. The average molecular weight is 285 g/mol. The predicted octanol–water partition coefficient (Wildman–Crippen LogP) is 2.72. The fourth-order valence-corrected chi connectivity index (χ4v) is 1.62. The maximum absolute atomic E-state index is 11.8. The van der Waals surface area contributed by atoms with E-state index in [1.54, 1.807) is 0 Å². The van der Waals surface area contributed by atoms with Gasteiger partial charge >= 0.3 is 0 Å². The van der Waals surface area contributed by atoms with E-state index in [1.165, 1.54) is 0 Å². The normalized spacial score (nSPS) is 15.3. The van der Waals surface area contributed by atoms with Crippen LogP contribution in [0.1, 0.15) is 32.6 Å². The van der Waals surface area contributed by atoms with E-state index in [2.05, 4.69) is 12.2 Å². The molecular formula is C14H21ClN2O2. The van der Waals surface area contributed by atoms with Crippen molar-refractivity contribution in [2.45, 2.75) is 38.1 Å². The molecule has 0 spiro atoms. The predicted molar refractivity (Wildman–Crippen MR) is 78.9 cm³/mol. The van der Waals surface area contributed by atoms with E-state index < -0.39 is 5.54 Å². The molecule has 1 fully saturated rings. The van der Waals surface area contributed by atoms with Crippen LogP contribution in [0.5, 0.6) is 5.75 Å². The lowest BCUT2D eigenvalue weighted by Gasteiger charge is -2.11. The summed E-state index contributed by atoms with van der Waals surface area (Å²) in [5.41, 5.74) is 5.93. The number of amides is 1. The van der Waals surface area contributed by atoms with Gasteiger partial charge in [-0.15, -0.1) is 12.4 Å². The largest absolute Gasteiger partial charge is 0.494 e. The molecule has 0 aromatic heterocycles. The van der Waals surface area contributed by atoms with Crippen molar-refractivity contribution in [3.8, 4) is 5.75 Å². The molecule has 19 heavy (non-hydrogen) atoms. The van der Waals surface area contributed by atoms with Crippen LogP contribution in [-0.2, 0) is 4.79 Å². The summed E-state index contributed by atoms with van der Waals surface area (Å²) in [6, 6.07) is 7.43. The molecule has 0 atom stereocenters. The van der Waals surface area contributed by atoms with E-state index in [0.29, 0.717) is 6.61 Å². The van der Waals surface area contributed by atoms with E-state index >= 15 is 0 Å². The summed E-state index contributed by atoms with van der Waals surface area (Å²) < 4.78 is 5.59. The van der Waals surface area contributed by atoms with Gasteiger partial charge in [-0.1, -0.05) is 19.4 Å². The van der Waals surface area contributed by atoms with Gasteiger partial charge in [-0.05, 0) is 31.4 Å². The van der Waals surface area contributed by atoms with Crippen LogP contribution in [0.3, 0.4) is 0 Å². The Kier molecular flexibility index (Phi) is 5.63. The third-order valence-corrected chi connectivity index (χ3v) is 3.10. The van der Waals surface area contributed by atoms with Gasteiger partial charge in [-0.2, -0.15) is 0 Å². The van der Waals surface area contributed by atoms with Crippen LogP contribution in [0.4, 0.5) is 5.69 Å². The summed E-state index contributed by atoms with van der Waals surface area (Å²) in [5.74, 6) is 0.677. The number of anilines is 1. The van der Waals surface area contributed by atoms with E-state index in [1.807, 2.05) is 24.3 Å². The lowest BCUT2D eigenvalue weighted by Crippen LogP contribution is -2.37. The molecule has 4 nitrogen and oxygen atoms in total. The minimum atomic E-state index is -0.640. The monoisotopic (exact) mass is 284 g/mol. The second kappa shape index (κ2) is 6.78. The van der Waals surface area contributed by atoms with Crippen LogP contribution in [0, 0.1) is 0 Å². The van der Waals surface area contributed by atoms with Crippen LogP contribution >= 0.6 is 12.4 Å². The van der Waals surface area contributed by atoms with Crippen molar-refractivity contribution in [3.05, 3.63) is 24.3 Å². The molecule has 1 aliphatic rings. The van der Waals surface area contributed by atoms with Gasteiger partial charge in [0.05, 0.1) is 12.1 Å². The number of carbonyl (C=O) groups is 1. The van der Waals surface area contributed by atoms with Gasteiger partial charge in [-0.3, -0.25) is 4.79 Å². The van der Waals surface area contributed by atoms with Gasteiger partial charge in [0.25, 0.3) is 0 Å². The smallest absolute Gasteiger partial charge is 0.244 e. The molecule has 3 N–H and O–H groups in total. The number of hydrogen-bond acceptors (Lipinski definition) is 3. The molecule has 1 amide bonds. The van der Waals surface area contributed by atoms with Crippen molar-refractivity contribution >= 4 is 24.0 Å². The molecule has 1 saturated carbocycles. The fourth-order valence-electron chi connectivity index (χ4n) is 1.62. The zero-order valence-electron chi connectivity index (χ0n) is 11.1. The molecule has 1 aromatic carbocycles. The number of halogens is 1. The molecule has 2 rings (SSSR count). The van der Waals surface area contributed by atoms with Crippen LogP contribution in [0.15, 0.2) is 24.3 Å². The highest BCUT2D eigenvalue weighted by Gasteiger charge is 2.45. The summed E-state index contributed by atoms with van der Waals surface area (Å²) >= 11 is 0.